The van der Waals surface area contributed by atoms with E-state index in [0.29, 0.717) is 25.1 Å². The van der Waals surface area contributed by atoms with E-state index in [-0.39, 0.29) is 16.8 Å². The second-order valence-electron chi connectivity index (χ2n) is 11.2. The fourth-order valence-electron chi connectivity index (χ4n) is 5.63. The van der Waals surface area contributed by atoms with Crippen molar-refractivity contribution >= 4 is 27.5 Å². The molecule has 1 aliphatic carbocycles. The average molecular weight is 590 g/mol. The van der Waals surface area contributed by atoms with E-state index in [1.54, 1.807) is 41.3 Å². The molecule has 0 spiro atoms. The Labute approximate surface area is 251 Å². The highest BCUT2D eigenvalue weighted by Gasteiger charge is 2.34. The smallest absolute Gasteiger partial charge is 0.264 e. The van der Waals surface area contributed by atoms with Crippen LogP contribution in [-0.2, 0) is 26.0 Å². The molecule has 0 saturated heterocycles. The zero-order valence-corrected chi connectivity index (χ0v) is 25.8. The summed E-state index contributed by atoms with van der Waals surface area (Å²) in [6, 6.07) is 23.0. The second-order valence-corrected chi connectivity index (χ2v) is 13.1. The molecule has 1 atom stereocenters. The molecule has 1 fully saturated rings. The Morgan fingerprint density at radius 3 is 2.17 bits per heavy atom. The monoisotopic (exact) mass is 589 g/mol. The largest absolute Gasteiger partial charge is 0.352 e. The van der Waals surface area contributed by atoms with Crippen LogP contribution in [0.25, 0.3) is 0 Å². The van der Waals surface area contributed by atoms with Crippen LogP contribution in [0.15, 0.2) is 83.8 Å². The predicted octanol–water partition coefficient (Wildman–Crippen LogP) is 5.80. The van der Waals surface area contributed by atoms with E-state index < -0.39 is 28.5 Å². The zero-order chi connectivity index (χ0) is 30.1. The molecule has 1 N–H and O–H groups in total. The summed E-state index contributed by atoms with van der Waals surface area (Å²) < 4.78 is 29.3. The van der Waals surface area contributed by atoms with Crippen LogP contribution >= 0.6 is 0 Å². The lowest BCUT2D eigenvalue weighted by Crippen LogP contribution is -2.54. The van der Waals surface area contributed by atoms with E-state index in [0.717, 1.165) is 42.4 Å². The number of nitrogens with one attached hydrogen (secondary N) is 1. The summed E-state index contributed by atoms with van der Waals surface area (Å²) in [7, 11) is -4.08. The number of rotatable bonds is 12. The molecule has 0 aromatic heterocycles. The summed E-state index contributed by atoms with van der Waals surface area (Å²) in [6.45, 7) is 5.51. The van der Waals surface area contributed by atoms with E-state index in [4.69, 9.17) is 0 Å². The Kier molecular flexibility index (Phi) is 10.8. The maximum Gasteiger partial charge on any atom is 0.264 e. The maximum atomic E-state index is 14.2. The van der Waals surface area contributed by atoms with Gasteiger partial charge >= 0.3 is 0 Å². The molecule has 0 aliphatic heterocycles. The first kappa shape index (κ1) is 31.3. The van der Waals surface area contributed by atoms with Gasteiger partial charge in [-0.1, -0.05) is 92.4 Å². The number of hydrogen-bond acceptors (Lipinski definition) is 4. The van der Waals surface area contributed by atoms with Gasteiger partial charge in [-0.2, -0.15) is 0 Å². The van der Waals surface area contributed by atoms with Crippen LogP contribution in [0.1, 0.15) is 62.1 Å². The number of amides is 2. The average Bonchev–Trinajstić information content (AvgIpc) is 2.99. The standard InChI is InChI=1S/C34H43N3O4S/c1-4-31(34(39)35-29-16-9-6-10-17-29)36(24-23-28-14-7-5-8-15-28)33(38)25-37(32-18-12-11-13-27(32)3)42(40,41)30-21-19-26(2)20-22-30/h5,7-8,11-15,18-22,29,31H,4,6,9-10,16-17,23-25H2,1-3H3,(H,35,39). The number of nitrogens with zero attached hydrogens (tertiary/aromatic N) is 2. The third-order valence-electron chi connectivity index (χ3n) is 8.09. The molecule has 42 heavy (non-hydrogen) atoms. The van der Waals surface area contributed by atoms with Gasteiger partial charge in [0.15, 0.2) is 0 Å². The van der Waals surface area contributed by atoms with Gasteiger partial charge in [0.05, 0.1) is 10.6 Å². The summed E-state index contributed by atoms with van der Waals surface area (Å²) in [5.74, 6) is -0.579. The Morgan fingerprint density at radius 2 is 1.52 bits per heavy atom. The fourth-order valence-corrected chi connectivity index (χ4v) is 7.11. The van der Waals surface area contributed by atoms with Crippen molar-refractivity contribution in [2.45, 2.75) is 82.7 Å². The van der Waals surface area contributed by atoms with Crippen LogP contribution in [0.2, 0.25) is 0 Å². The lowest BCUT2D eigenvalue weighted by molar-refractivity contribution is -0.140. The van der Waals surface area contributed by atoms with Crippen molar-refractivity contribution in [1.29, 1.82) is 0 Å². The fraction of sp³-hybridized carbons (Fsp3) is 0.412. The lowest BCUT2D eigenvalue weighted by atomic mass is 9.95. The molecule has 0 bridgehead atoms. The van der Waals surface area contributed by atoms with Crippen molar-refractivity contribution in [2.24, 2.45) is 0 Å². The number of para-hydroxylation sites is 1. The van der Waals surface area contributed by atoms with Gasteiger partial charge in [-0.3, -0.25) is 13.9 Å². The number of aryl methyl sites for hydroxylation is 2. The SMILES string of the molecule is CCC(C(=O)NC1CCCCC1)N(CCc1ccccc1)C(=O)CN(c1ccccc1C)S(=O)(=O)c1ccc(C)cc1. The minimum absolute atomic E-state index is 0.108. The first-order valence-corrected chi connectivity index (χ1v) is 16.4. The maximum absolute atomic E-state index is 14.2. The van der Waals surface area contributed by atoms with Gasteiger partial charge in [0.1, 0.15) is 12.6 Å². The van der Waals surface area contributed by atoms with Gasteiger partial charge < -0.3 is 10.2 Å². The topological polar surface area (TPSA) is 86.8 Å². The molecule has 7 nitrogen and oxygen atoms in total. The number of carbonyl (C=O) groups excluding carboxylic acids is 2. The van der Waals surface area contributed by atoms with E-state index >= 15 is 0 Å². The lowest BCUT2D eigenvalue weighted by Gasteiger charge is -2.34. The zero-order valence-electron chi connectivity index (χ0n) is 25.0. The molecule has 3 aromatic rings. The van der Waals surface area contributed by atoms with Crippen molar-refractivity contribution < 1.29 is 18.0 Å². The van der Waals surface area contributed by atoms with Gasteiger partial charge in [0, 0.05) is 12.6 Å². The first-order valence-electron chi connectivity index (χ1n) is 15.0. The molecule has 0 heterocycles. The number of carbonyl (C=O) groups is 2. The summed E-state index contributed by atoms with van der Waals surface area (Å²) in [4.78, 5) is 29.5. The highest BCUT2D eigenvalue weighted by molar-refractivity contribution is 7.92. The quantitative estimate of drug-likeness (QED) is 0.289. The van der Waals surface area contributed by atoms with Crippen molar-refractivity contribution in [2.75, 3.05) is 17.4 Å². The normalized spacial score (nSPS) is 14.6. The number of benzene rings is 3. The molecule has 1 unspecified atom stereocenters. The Bertz CT molecular complexity index is 1440. The highest BCUT2D eigenvalue weighted by atomic mass is 32.2. The van der Waals surface area contributed by atoms with Gasteiger partial charge in [-0.05, 0) is 68.9 Å². The van der Waals surface area contributed by atoms with E-state index in [9.17, 15) is 18.0 Å². The summed E-state index contributed by atoms with van der Waals surface area (Å²) in [6.07, 6.45) is 6.20. The van der Waals surface area contributed by atoms with Crippen LogP contribution < -0.4 is 9.62 Å². The number of anilines is 1. The van der Waals surface area contributed by atoms with Crippen molar-refractivity contribution in [3.8, 4) is 0 Å². The molecule has 224 valence electrons. The predicted molar refractivity (Wildman–Crippen MR) is 168 cm³/mol. The number of sulfonamides is 1. The molecular formula is C34H43N3O4S. The third kappa shape index (κ3) is 7.79. The highest BCUT2D eigenvalue weighted by Crippen LogP contribution is 2.27. The van der Waals surface area contributed by atoms with Gasteiger partial charge in [0.25, 0.3) is 10.0 Å². The molecule has 1 aliphatic rings. The van der Waals surface area contributed by atoms with Gasteiger partial charge in [-0.15, -0.1) is 0 Å². The number of hydrogen-bond donors (Lipinski definition) is 1. The molecule has 8 heteroatoms. The third-order valence-corrected chi connectivity index (χ3v) is 9.87. The Balaban J connectivity index is 1.67. The minimum atomic E-state index is -4.08. The van der Waals surface area contributed by atoms with Crippen LogP contribution in [0.5, 0.6) is 0 Å². The van der Waals surface area contributed by atoms with Crippen molar-refractivity contribution in [3.63, 3.8) is 0 Å². The Hall–Kier alpha value is -3.65. The van der Waals surface area contributed by atoms with Crippen LogP contribution in [0.3, 0.4) is 0 Å². The van der Waals surface area contributed by atoms with Crippen LogP contribution in [0, 0.1) is 13.8 Å². The van der Waals surface area contributed by atoms with E-state index in [1.165, 1.54) is 10.7 Å². The van der Waals surface area contributed by atoms with Crippen LogP contribution in [0.4, 0.5) is 5.69 Å². The summed E-state index contributed by atoms with van der Waals surface area (Å²) >= 11 is 0. The molecule has 4 rings (SSSR count). The molecule has 1 saturated carbocycles. The first-order chi connectivity index (χ1) is 20.2. The van der Waals surface area contributed by atoms with Crippen molar-refractivity contribution in [1.82, 2.24) is 10.2 Å². The molecular weight excluding hydrogens is 546 g/mol. The molecule has 3 aromatic carbocycles. The van der Waals surface area contributed by atoms with E-state index in [2.05, 4.69) is 5.32 Å². The van der Waals surface area contributed by atoms with Crippen molar-refractivity contribution in [3.05, 3.63) is 95.6 Å². The molecule has 0 radical (unpaired) electrons. The summed E-state index contributed by atoms with van der Waals surface area (Å²) in [5.41, 5.74) is 3.16. The summed E-state index contributed by atoms with van der Waals surface area (Å²) in [5, 5.41) is 3.19. The second kappa shape index (κ2) is 14.5. The van der Waals surface area contributed by atoms with Gasteiger partial charge in [0.2, 0.25) is 11.8 Å². The van der Waals surface area contributed by atoms with Crippen LogP contribution in [-0.4, -0.2) is 50.3 Å². The molecule has 2 amide bonds. The Morgan fingerprint density at radius 1 is 0.881 bits per heavy atom. The van der Waals surface area contributed by atoms with Gasteiger partial charge in [-0.25, -0.2) is 8.42 Å². The van der Waals surface area contributed by atoms with E-state index in [1.807, 2.05) is 63.2 Å². The minimum Gasteiger partial charge on any atom is -0.352 e.